The first-order valence-corrected chi connectivity index (χ1v) is 16.6. The summed E-state index contributed by atoms with van der Waals surface area (Å²) in [6.07, 6.45) is 2.77. The van der Waals surface area contributed by atoms with Crippen LogP contribution in [0.3, 0.4) is 0 Å². The highest BCUT2D eigenvalue weighted by Crippen LogP contribution is 2.28. The van der Waals surface area contributed by atoms with Gasteiger partial charge in [-0.25, -0.2) is 4.79 Å². The van der Waals surface area contributed by atoms with Crippen LogP contribution in [0.4, 0.5) is 0 Å². The van der Waals surface area contributed by atoms with Crippen molar-refractivity contribution in [3.63, 3.8) is 0 Å². The Morgan fingerprint density at radius 1 is 0.771 bits per heavy atom. The molecule has 2 atom stereocenters. The molecule has 0 radical (unpaired) electrons. The molecule has 8 N–H and O–H groups in total. The van der Waals surface area contributed by atoms with Crippen molar-refractivity contribution in [1.82, 2.24) is 31.9 Å². The molecule has 0 unspecified atom stereocenters. The molecule has 0 aliphatic heterocycles. The van der Waals surface area contributed by atoms with Crippen molar-refractivity contribution in [3.05, 3.63) is 0 Å². The summed E-state index contributed by atoms with van der Waals surface area (Å²) in [5.41, 5.74) is 0. The number of ether oxygens (including phenoxy) is 2. The lowest BCUT2D eigenvalue weighted by Gasteiger charge is -2.28. The standard InChI is InChI=1S/C31H54N6O11/c1-3-12-34-27(40)19-33-18-23(38)20-48-16-15-47-14-13-35-30(44)24(9-11-28(41)42)36-26(39)10-8-25(31(45)46)37-29(43)22-6-4-21(5-7-22)17-32-2/h21-22,24-25,32-33H,3-20H2,1-2H3,(H,34,40)(H,35,44)(H,36,39)(H,37,43)(H,41,42)(H,45,46)/t21?,22?,24-,25-/m0/s1. The van der Waals surface area contributed by atoms with Crippen molar-refractivity contribution in [2.45, 2.75) is 76.8 Å². The van der Waals surface area contributed by atoms with Crippen molar-refractivity contribution in [2.24, 2.45) is 11.8 Å². The molecule has 0 heterocycles. The van der Waals surface area contributed by atoms with Crippen LogP contribution in [-0.2, 0) is 43.0 Å². The molecule has 0 aromatic carbocycles. The van der Waals surface area contributed by atoms with E-state index >= 15 is 0 Å². The molecular formula is C31H54N6O11. The van der Waals surface area contributed by atoms with Gasteiger partial charge >= 0.3 is 11.9 Å². The van der Waals surface area contributed by atoms with Crippen molar-refractivity contribution >= 4 is 41.4 Å². The molecule has 17 heteroatoms. The minimum Gasteiger partial charge on any atom is -0.481 e. The summed E-state index contributed by atoms with van der Waals surface area (Å²) in [6.45, 7) is 3.60. The van der Waals surface area contributed by atoms with E-state index in [9.17, 15) is 38.7 Å². The number of hydrogen-bond acceptors (Lipinski definition) is 11. The molecule has 1 saturated carbocycles. The maximum atomic E-state index is 12.7. The van der Waals surface area contributed by atoms with E-state index in [1.54, 1.807) is 0 Å². The van der Waals surface area contributed by atoms with E-state index in [1.165, 1.54) is 0 Å². The number of Topliss-reactive ketones (excluding diaryl/α,β-unsaturated/α-hetero) is 1. The molecule has 4 amide bonds. The molecule has 0 bridgehead atoms. The van der Waals surface area contributed by atoms with Crippen LogP contribution >= 0.6 is 0 Å². The zero-order chi connectivity index (χ0) is 35.7. The number of carbonyl (C=O) groups is 7. The highest BCUT2D eigenvalue weighted by atomic mass is 16.5. The predicted octanol–water partition coefficient (Wildman–Crippen LogP) is -1.45. The fraction of sp³-hybridized carbons (Fsp3) is 0.774. The van der Waals surface area contributed by atoms with Crippen LogP contribution in [-0.4, -0.2) is 130 Å². The van der Waals surface area contributed by atoms with Crippen LogP contribution in [0.25, 0.3) is 0 Å². The van der Waals surface area contributed by atoms with Gasteiger partial charge in [-0.3, -0.25) is 28.8 Å². The Morgan fingerprint density at radius 3 is 2.10 bits per heavy atom. The predicted molar refractivity (Wildman–Crippen MR) is 173 cm³/mol. The fourth-order valence-corrected chi connectivity index (χ4v) is 5.01. The fourth-order valence-electron chi connectivity index (χ4n) is 5.01. The van der Waals surface area contributed by atoms with Gasteiger partial charge in [-0.1, -0.05) is 6.92 Å². The Kier molecular flexibility index (Phi) is 22.4. The highest BCUT2D eigenvalue weighted by molar-refractivity contribution is 5.89. The normalized spacial score (nSPS) is 17.0. The van der Waals surface area contributed by atoms with Gasteiger partial charge in [0.1, 0.15) is 18.7 Å². The largest absolute Gasteiger partial charge is 0.481 e. The first kappa shape index (κ1) is 42.4. The molecule has 1 rings (SSSR count). The van der Waals surface area contributed by atoms with Crippen LogP contribution < -0.4 is 31.9 Å². The van der Waals surface area contributed by atoms with Crippen molar-refractivity contribution in [3.8, 4) is 0 Å². The van der Waals surface area contributed by atoms with E-state index in [1.807, 2.05) is 14.0 Å². The quantitative estimate of drug-likeness (QED) is 0.0461. The molecule has 0 spiro atoms. The lowest BCUT2D eigenvalue weighted by molar-refractivity contribution is -0.143. The van der Waals surface area contributed by atoms with Crippen LogP contribution in [0.5, 0.6) is 0 Å². The summed E-state index contributed by atoms with van der Waals surface area (Å²) in [5, 5.41) is 34.8. The molecule has 0 saturated heterocycles. The summed E-state index contributed by atoms with van der Waals surface area (Å²) in [5.74, 6) is -4.33. The summed E-state index contributed by atoms with van der Waals surface area (Å²) < 4.78 is 10.6. The number of ketones is 1. The van der Waals surface area contributed by atoms with Gasteiger partial charge in [0.05, 0.1) is 32.9 Å². The second kappa shape index (κ2) is 25.4. The molecule has 1 aliphatic carbocycles. The monoisotopic (exact) mass is 686 g/mol. The van der Waals surface area contributed by atoms with Crippen molar-refractivity contribution in [1.29, 1.82) is 0 Å². The van der Waals surface area contributed by atoms with Gasteiger partial charge in [0, 0.05) is 31.8 Å². The van der Waals surface area contributed by atoms with Crippen molar-refractivity contribution in [2.75, 3.05) is 66.2 Å². The number of nitrogens with one attached hydrogen (secondary N) is 6. The summed E-state index contributed by atoms with van der Waals surface area (Å²) in [7, 11) is 1.87. The summed E-state index contributed by atoms with van der Waals surface area (Å²) in [6, 6.07) is -2.47. The minimum atomic E-state index is -1.29. The first-order chi connectivity index (χ1) is 23.0. The van der Waals surface area contributed by atoms with Gasteiger partial charge in [0.25, 0.3) is 0 Å². The molecule has 1 aliphatic rings. The molecule has 17 nitrogen and oxygen atoms in total. The first-order valence-electron chi connectivity index (χ1n) is 16.6. The second-order valence-corrected chi connectivity index (χ2v) is 11.7. The van der Waals surface area contributed by atoms with Crippen LogP contribution in [0, 0.1) is 11.8 Å². The Bertz CT molecular complexity index is 1040. The lowest BCUT2D eigenvalue weighted by Crippen LogP contribution is -2.48. The third kappa shape index (κ3) is 19.9. The topological polar surface area (TPSA) is 251 Å². The summed E-state index contributed by atoms with van der Waals surface area (Å²) in [4.78, 5) is 84.2. The van der Waals surface area contributed by atoms with E-state index in [0.717, 1.165) is 25.8 Å². The summed E-state index contributed by atoms with van der Waals surface area (Å²) >= 11 is 0. The number of carboxylic acids is 2. The number of carboxylic acid groups (broad SMARTS) is 2. The number of aliphatic carboxylic acids is 2. The molecule has 48 heavy (non-hydrogen) atoms. The molecule has 0 aromatic heterocycles. The van der Waals surface area contributed by atoms with E-state index in [2.05, 4.69) is 31.9 Å². The molecule has 1 fully saturated rings. The Hall–Kier alpha value is -3.67. The third-order valence-corrected chi connectivity index (χ3v) is 7.64. The Morgan fingerprint density at radius 2 is 1.46 bits per heavy atom. The zero-order valence-electron chi connectivity index (χ0n) is 28.1. The van der Waals surface area contributed by atoms with Gasteiger partial charge < -0.3 is 51.6 Å². The van der Waals surface area contributed by atoms with E-state index in [4.69, 9.17) is 14.6 Å². The highest BCUT2D eigenvalue weighted by Gasteiger charge is 2.30. The van der Waals surface area contributed by atoms with Crippen LogP contribution in [0.1, 0.15) is 64.7 Å². The number of amides is 4. The van der Waals surface area contributed by atoms with E-state index < -0.39 is 42.3 Å². The second-order valence-electron chi connectivity index (χ2n) is 11.7. The molecule has 0 aromatic rings. The maximum Gasteiger partial charge on any atom is 0.326 e. The van der Waals surface area contributed by atoms with Crippen LogP contribution in [0.15, 0.2) is 0 Å². The van der Waals surface area contributed by atoms with Gasteiger partial charge in [-0.2, -0.15) is 0 Å². The Labute approximate surface area is 281 Å². The smallest absolute Gasteiger partial charge is 0.326 e. The van der Waals surface area contributed by atoms with Crippen LogP contribution in [0.2, 0.25) is 0 Å². The van der Waals surface area contributed by atoms with Crippen molar-refractivity contribution < 1.29 is 53.2 Å². The van der Waals surface area contributed by atoms with Gasteiger partial charge in [-0.15, -0.1) is 0 Å². The third-order valence-electron chi connectivity index (χ3n) is 7.64. The lowest BCUT2D eigenvalue weighted by atomic mass is 9.81. The SMILES string of the molecule is CCCNC(=O)CNCC(=O)COCCOCCNC(=O)[C@H](CCC(=O)O)NC(=O)CC[C@H](NC(=O)C1CCC(CNC)CC1)C(=O)O. The minimum absolute atomic E-state index is 0.0128. The number of hydrogen-bond donors (Lipinski definition) is 8. The molecular weight excluding hydrogens is 632 g/mol. The maximum absolute atomic E-state index is 12.7. The van der Waals surface area contributed by atoms with E-state index in [0.29, 0.717) is 25.3 Å². The van der Waals surface area contributed by atoms with E-state index in [-0.39, 0.29) is 88.8 Å². The number of rotatable bonds is 27. The number of carbonyl (C=O) groups excluding carboxylic acids is 5. The van der Waals surface area contributed by atoms with Gasteiger partial charge in [-0.05, 0) is 64.5 Å². The average molecular weight is 687 g/mol. The zero-order valence-corrected chi connectivity index (χ0v) is 28.1. The van der Waals surface area contributed by atoms with Gasteiger partial charge in [0.2, 0.25) is 23.6 Å². The molecule has 274 valence electrons. The average Bonchev–Trinajstić information content (AvgIpc) is 3.05. The van der Waals surface area contributed by atoms with Gasteiger partial charge in [0.15, 0.2) is 5.78 Å². The Balaban J connectivity index is 2.37.